The van der Waals surface area contributed by atoms with Crippen molar-refractivity contribution in [2.45, 2.75) is 26.8 Å². The predicted octanol–water partition coefficient (Wildman–Crippen LogP) is 3.22. The third-order valence-electron chi connectivity index (χ3n) is 5.94. The summed E-state index contributed by atoms with van der Waals surface area (Å²) in [5, 5.41) is 9.83. The van der Waals surface area contributed by atoms with Crippen molar-refractivity contribution in [3.05, 3.63) is 83.0 Å². The molecule has 1 aromatic heterocycles. The highest BCUT2D eigenvalue weighted by molar-refractivity contribution is 9.10. The largest absolute Gasteiger partial charge is 0.507 e. The number of hydrogen-bond acceptors (Lipinski definition) is 10. The molecule has 0 saturated heterocycles. The highest BCUT2D eigenvalue weighted by Crippen LogP contribution is 2.36. The molecule has 1 N–H and O–H groups in total. The Bertz CT molecular complexity index is 1670. The number of phenolic OH excluding ortho intramolecular Hbond substituents is 1. The minimum absolute atomic E-state index is 0.0810. The first-order valence-electron chi connectivity index (χ1n) is 12.3. The number of thiazole rings is 1. The number of phenols is 1. The fraction of sp³-hybridized carbons (Fsp3) is 0.286. The molecule has 0 bridgehead atoms. The van der Waals surface area contributed by atoms with Gasteiger partial charge in [0.1, 0.15) is 5.75 Å². The van der Waals surface area contributed by atoms with Gasteiger partial charge in [0.2, 0.25) is 0 Å². The number of carbonyl (C=O) groups excluding carboxylic acids is 2. The van der Waals surface area contributed by atoms with Crippen molar-refractivity contribution < 1.29 is 33.6 Å². The summed E-state index contributed by atoms with van der Waals surface area (Å²) in [4.78, 5) is 43.6. The van der Waals surface area contributed by atoms with Crippen molar-refractivity contribution in [1.82, 2.24) is 4.57 Å². The van der Waals surface area contributed by atoms with E-state index in [1.165, 1.54) is 29.1 Å². The molecule has 0 amide bonds. The molecule has 0 radical (unpaired) electrons. The predicted molar refractivity (Wildman–Crippen MR) is 151 cm³/mol. The molecular weight excluding hydrogens is 604 g/mol. The highest BCUT2D eigenvalue weighted by Gasteiger charge is 2.34. The summed E-state index contributed by atoms with van der Waals surface area (Å²) >= 11 is 4.48. The molecule has 12 heteroatoms. The maximum Gasteiger partial charge on any atom is 0.343 e. The lowest BCUT2D eigenvalue weighted by atomic mass is 9.95. The Morgan fingerprint density at radius 2 is 1.90 bits per heavy atom. The van der Waals surface area contributed by atoms with E-state index < -0.39 is 18.0 Å². The van der Waals surface area contributed by atoms with Crippen LogP contribution in [0.3, 0.4) is 0 Å². The number of aromatic hydroxyl groups is 1. The number of benzene rings is 2. The summed E-state index contributed by atoms with van der Waals surface area (Å²) in [5.41, 5.74) is 1.55. The van der Waals surface area contributed by atoms with Crippen LogP contribution >= 0.6 is 27.3 Å². The summed E-state index contributed by atoms with van der Waals surface area (Å²) in [5.74, 6) is -0.424. The number of methoxy groups -OCH3 is 1. The second-order valence-corrected chi connectivity index (χ2v) is 10.4. The van der Waals surface area contributed by atoms with Crippen LogP contribution in [0.2, 0.25) is 0 Å². The summed E-state index contributed by atoms with van der Waals surface area (Å²) in [6.45, 7) is 5.34. The van der Waals surface area contributed by atoms with Gasteiger partial charge >= 0.3 is 11.9 Å². The van der Waals surface area contributed by atoms with Crippen LogP contribution < -0.4 is 24.4 Å². The van der Waals surface area contributed by atoms with Gasteiger partial charge in [-0.25, -0.2) is 14.6 Å². The minimum Gasteiger partial charge on any atom is -0.507 e. The summed E-state index contributed by atoms with van der Waals surface area (Å²) in [6.07, 6.45) is 1.70. The lowest BCUT2D eigenvalue weighted by Gasteiger charge is -2.25. The van der Waals surface area contributed by atoms with Crippen LogP contribution in [-0.4, -0.2) is 48.5 Å². The van der Waals surface area contributed by atoms with Gasteiger partial charge in [0.05, 0.1) is 46.6 Å². The molecule has 0 unspecified atom stereocenters. The molecule has 0 aliphatic carbocycles. The van der Waals surface area contributed by atoms with E-state index in [-0.39, 0.29) is 30.1 Å². The van der Waals surface area contributed by atoms with Gasteiger partial charge < -0.3 is 24.1 Å². The number of allylic oxidation sites excluding steroid dienone is 1. The molecule has 1 atom stereocenters. The van der Waals surface area contributed by atoms with Gasteiger partial charge in [0.15, 0.2) is 22.9 Å². The van der Waals surface area contributed by atoms with Crippen LogP contribution in [0.5, 0.6) is 17.2 Å². The first-order valence-corrected chi connectivity index (χ1v) is 13.9. The van der Waals surface area contributed by atoms with E-state index in [4.69, 9.17) is 14.2 Å². The van der Waals surface area contributed by atoms with E-state index in [0.717, 1.165) is 0 Å². The first kappa shape index (κ1) is 29.1. The molecule has 2 heterocycles. The topological polar surface area (TPSA) is 126 Å². The number of aromatic nitrogens is 1. The first-order chi connectivity index (χ1) is 19.2. The summed E-state index contributed by atoms with van der Waals surface area (Å²) in [7, 11) is 1.26. The maximum atomic E-state index is 13.8. The molecule has 40 heavy (non-hydrogen) atoms. The number of rotatable bonds is 9. The zero-order valence-corrected chi connectivity index (χ0v) is 24.6. The van der Waals surface area contributed by atoms with E-state index in [9.17, 15) is 19.5 Å². The lowest BCUT2D eigenvalue weighted by molar-refractivity contribution is -0.143. The number of carbonyl (C=O) groups is 2. The van der Waals surface area contributed by atoms with Crippen LogP contribution in [-0.2, 0) is 19.1 Å². The molecule has 210 valence electrons. The van der Waals surface area contributed by atoms with Crippen LogP contribution in [0.15, 0.2) is 61.9 Å². The number of esters is 2. The normalized spacial score (nSPS) is 14.8. The molecular formula is C28H27BrN2O8S. The molecule has 4 rings (SSSR count). The van der Waals surface area contributed by atoms with Gasteiger partial charge in [-0.3, -0.25) is 9.36 Å². The third kappa shape index (κ3) is 5.97. The quantitative estimate of drug-likeness (QED) is 0.357. The molecule has 3 aromatic rings. The van der Waals surface area contributed by atoms with Crippen molar-refractivity contribution in [2.24, 2.45) is 4.99 Å². The van der Waals surface area contributed by atoms with Crippen LogP contribution in [0.4, 0.5) is 0 Å². The Morgan fingerprint density at radius 1 is 1.12 bits per heavy atom. The number of halogens is 1. The van der Waals surface area contributed by atoms with Crippen LogP contribution in [0, 0.1) is 0 Å². The molecule has 0 fully saturated rings. The Morgan fingerprint density at radius 3 is 2.58 bits per heavy atom. The molecule has 0 spiro atoms. The zero-order valence-electron chi connectivity index (χ0n) is 22.2. The van der Waals surface area contributed by atoms with E-state index in [1.54, 1.807) is 57.2 Å². The minimum atomic E-state index is -0.863. The van der Waals surface area contributed by atoms with Gasteiger partial charge in [-0.2, -0.15) is 0 Å². The fourth-order valence-electron chi connectivity index (χ4n) is 4.15. The van der Waals surface area contributed by atoms with E-state index >= 15 is 0 Å². The van der Waals surface area contributed by atoms with Gasteiger partial charge in [-0.1, -0.05) is 23.5 Å². The molecule has 1 aliphatic rings. The van der Waals surface area contributed by atoms with Crippen LogP contribution in [0.25, 0.3) is 6.08 Å². The number of nitrogens with zero attached hydrogens (tertiary/aromatic N) is 2. The average Bonchev–Trinajstić information content (AvgIpc) is 3.23. The summed E-state index contributed by atoms with van der Waals surface area (Å²) in [6, 6.07) is 9.04. The summed E-state index contributed by atoms with van der Waals surface area (Å²) < 4.78 is 23.7. The molecule has 10 nitrogen and oxygen atoms in total. The molecule has 0 saturated carbocycles. The van der Waals surface area contributed by atoms with Gasteiger partial charge in [-0.15, -0.1) is 0 Å². The third-order valence-corrected chi connectivity index (χ3v) is 7.56. The standard InChI is InChI=1S/C28H27BrN2O8S/c1-5-37-21-13-17(8-10-20(21)39-14-23(33)36-4)25-24(27(35)38-6-2)15(3)30-28-31(25)26(34)22(40-28)12-16-7-9-19(32)18(29)11-16/h7-13,25,32H,5-6,14H2,1-4H3/b22-12-/t25-/m0/s1. The fourth-order valence-corrected chi connectivity index (χ4v) is 5.59. The molecule has 1 aliphatic heterocycles. The van der Waals surface area contributed by atoms with Gasteiger partial charge in [0, 0.05) is 0 Å². The van der Waals surface area contributed by atoms with E-state index in [2.05, 4.69) is 25.7 Å². The highest BCUT2D eigenvalue weighted by atomic mass is 79.9. The van der Waals surface area contributed by atoms with E-state index in [0.29, 0.717) is 48.7 Å². The smallest absolute Gasteiger partial charge is 0.343 e. The Labute approximate surface area is 241 Å². The monoisotopic (exact) mass is 630 g/mol. The van der Waals surface area contributed by atoms with Crippen molar-refractivity contribution in [1.29, 1.82) is 0 Å². The van der Waals surface area contributed by atoms with Crippen molar-refractivity contribution in [3.63, 3.8) is 0 Å². The molecule has 2 aromatic carbocycles. The van der Waals surface area contributed by atoms with E-state index in [1.807, 2.05) is 0 Å². The second kappa shape index (κ2) is 12.5. The Hall–Kier alpha value is -3.90. The van der Waals surface area contributed by atoms with Crippen molar-refractivity contribution in [2.75, 3.05) is 26.9 Å². The Kier molecular flexibility index (Phi) is 9.10. The van der Waals surface area contributed by atoms with Crippen molar-refractivity contribution >= 4 is 45.3 Å². The maximum absolute atomic E-state index is 13.8. The van der Waals surface area contributed by atoms with Gasteiger partial charge in [0.25, 0.3) is 5.56 Å². The van der Waals surface area contributed by atoms with Gasteiger partial charge in [-0.05, 0) is 78.2 Å². The zero-order chi connectivity index (χ0) is 29.0. The lowest BCUT2D eigenvalue weighted by Crippen LogP contribution is -2.40. The SMILES string of the molecule is CCOC(=O)C1=C(C)N=c2s/c(=C\c3ccc(O)c(Br)c3)c(=O)n2[C@H]1c1ccc(OCC(=O)OC)c(OCC)c1. The van der Waals surface area contributed by atoms with Crippen molar-refractivity contribution in [3.8, 4) is 17.2 Å². The number of hydrogen-bond donors (Lipinski definition) is 1. The number of fused-ring (bicyclic) bond motifs is 1. The second-order valence-electron chi connectivity index (χ2n) is 8.52. The van der Waals surface area contributed by atoms with Crippen LogP contribution in [0.1, 0.15) is 37.9 Å². The number of ether oxygens (including phenoxy) is 4. The Balaban J connectivity index is 1.90. The average molecular weight is 632 g/mol.